The van der Waals surface area contributed by atoms with E-state index in [2.05, 4.69) is 0 Å². The third kappa shape index (κ3) is 2.37. The number of hydrogen-bond donors (Lipinski definition) is 4. The molecule has 0 radical (unpaired) electrons. The van der Waals surface area contributed by atoms with Gasteiger partial charge in [-0.25, -0.2) is 0 Å². The highest BCUT2D eigenvalue weighted by Gasteiger charge is 2.12. The lowest BCUT2D eigenvalue weighted by Gasteiger charge is -2.06. The fraction of sp³-hybridized carbons (Fsp3) is 0.222. The average Bonchev–Trinajstić information content (AvgIpc) is 2.21. The number of nitrogens with two attached hydrogens (primary N) is 1. The van der Waals surface area contributed by atoms with Crippen LogP contribution in [0.5, 0.6) is 11.5 Å². The van der Waals surface area contributed by atoms with E-state index in [0.29, 0.717) is 0 Å². The molecule has 14 heavy (non-hydrogen) atoms. The monoisotopic (exact) mass is 200 g/mol. The quantitative estimate of drug-likeness (QED) is 0.516. The van der Waals surface area contributed by atoms with Crippen LogP contribution >= 0.6 is 0 Å². The average molecular weight is 200 g/mol. The van der Waals surface area contributed by atoms with Crippen molar-refractivity contribution in [2.45, 2.75) is 12.4 Å². The lowest BCUT2D eigenvalue weighted by molar-refractivity contribution is -0.138. The zero-order valence-electron chi connectivity index (χ0n) is 10.1. The molecular formula is C9H11NO4. The van der Waals surface area contributed by atoms with Crippen molar-refractivity contribution in [2.75, 3.05) is 0 Å². The number of phenols is 2. The van der Waals surface area contributed by atoms with Gasteiger partial charge in [-0.2, -0.15) is 0 Å². The van der Waals surface area contributed by atoms with Gasteiger partial charge in [0, 0.05) is 2.74 Å². The molecule has 0 aliphatic carbocycles. The van der Waals surface area contributed by atoms with Gasteiger partial charge in [0.15, 0.2) is 11.5 Å². The third-order valence-electron chi connectivity index (χ3n) is 1.48. The Morgan fingerprint density at radius 3 is 2.71 bits per heavy atom. The molecule has 0 amide bonds. The normalized spacial score (nSPS) is 18.8. The maximum atomic E-state index is 10.7. The van der Waals surface area contributed by atoms with Crippen molar-refractivity contribution in [1.82, 2.24) is 0 Å². The van der Waals surface area contributed by atoms with Crippen molar-refractivity contribution < 1.29 is 24.2 Å². The summed E-state index contributed by atoms with van der Waals surface area (Å²) in [6, 6.07) is -0.0423. The smallest absolute Gasteiger partial charge is 0.320 e. The van der Waals surface area contributed by atoms with Gasteiger partial charge in [0.1, 0.15) is 6.02 Å². The molecule has 0 aromatic heterocycles. The fourth-order valence-electron chi connectivity index (χ4n) is 0.810. The Morgan fingerprint density at radius 1 is 1.57 bits per heavy atom. The minimum Gasteiger partial charge on any atom is -0.504 e. The molecule has 0 spiro atoms. The van der Waals surface area contributed by atoms with Crippen molar-refractivity contribution in [3.8, 4) is 11.5 Å². The second kappa shape index (κ2) is 3.97. The minimum absolute atomic E-state index is 0.312. The van der Waals surface area contributed by atoms with Crippen molar-refractivity contribution >= 4 is 5.97 Å². The maximum absolute atomic E-state index is 10.7. The first-order chi connectivity index (χ1) is 7.60. The molecular weight excluding hydrogens is 186 g/mol. The molecule has 0 heterocycles. The van der Waals surface area contributed by atoms with Gasteiger partial charge in [-0.3, -0.25) is 4.79 Å². The Kier molecular flexibility index (Phi) is 1.89. The molecule has 0 fully saturated rings. The van der Waals surface area contributed by atoms with E-state index in [4.69, 9.17) is 20.1 Å². The summed E-state index contributed by atoms with van der Waals surface area (Å²) in [5, 5.41) is 27.0. The SMILES string of the molecule is [2H]C(N)(C(=O)O)C([2H])([2H])c1ccc(O)c(O)c1. The lowest BCUT2D eigenvalue weighted by atomic mass is 10.1. The first kappa shape index (κ1) is 6.67. The number of carboxylic acids is 1. The molecule has 0 saturated carbocycles. The molecule has 76 valence electrons. The van der Waals surface area contributed by atoms with Gasteiger partial charge in [0.25, 0.3) is 0 Å². The Morgan fingerprint density at radius 2 is 2.21 bits per heavy atom. The first-order valence-electron chi connectivity index (χ1n) is 5.15. The van der Waals surface area contributed by atoms with Crippen LogP contribution in [0.4, 0.5) is 0 Å². The largest absolute Gasteiger partial charge is 0.504 e. The highest BCUT2D eigenvalue weighted by atomic mass is 16.4. The highest BCUT2D eigenvalue weighted by molar-refractivity contribution is 5.73. The highest BCUT2D eigenvalue weighted by Crippen LogP contribution is 2.25. The van der Waals surface area contributed by atoms with Gasteiger partial charge in [0.05, 0.1) is 1.37 Å². The number of aliphatic carboxylic acids is 1. The molecule has 0 aliphatic heterocycles. The zero-order valence-corrected chi connectivity index (χ0v) is 7.06. The molecule has 1 unspecified atom stereocenters. The van der Waals surface area contributed by atoms with E-state index in [1.54, 1.807) is 0 Å². The van der Waals surface area contributed by atoms with Crippen molar-refractivity contribution in [2.24, 2.45) is 5.73 Å². The van der Waals surface area contributed by atoms with Crippen LogP contribution in [0.25, 0.3) is 0 Å². The summed E-state index contributed by atoms with van der Waals surface area (Å²) in [5.41, 5.74) is 4.79. The Labute approximate surface area is 84.6 Å². The molecule has 5 nitrogen and oxygen atoms in total. The molecule has 0 bridgehead atoms. The van der Waals surface area contributed by atoms with Gasteiger partial charge in [-0.1, -0.05) is 6.07 Å². The Bertz CT molecular complexity index is 462. The summed E-state index contributed by atoms with van der Waals surface area (Å²) in [6.07, 6.45) is -2.73. The van der Waals surface area contributed by atoms with Crippen LogP contribution in [0.3, 0.4) is 0 Å². The molecule has 1 atom stereocenters. The van der Waals surface area contributed by atoms with E-state index < -0.39 is 29.9 Å². The predicted molar refractivity (Wildman–Crippen MR) is 49.1 cm³/mol. The van der Waals surface area contributed by atoms with E-state index in [0.717, 1.165) is 18.2 Å². The molecule has 1 rings (SSSR count). The summed E-state index contributed by atoms with van der Waals surface area (Å²) in [5.74, 6) is -2.94. The topological polar surface area (TPSA) is 104 Å². The summed E-state index contributed by atoms with van der Waals surface area (Å²) in [4.78, 5) is 10.7. The van der Waals surface area contributed by atoms with E-state index in [9.17, 15) is 9.90 Å². The van der Waals surface area contributed by atoms with Crippen molar-refractivity contribution in [3.63, 3.8) is 0 Å². The second-order valence-electron chi connectivity index (χ2n) is 2.55. The van der Waals surface area contributed by atoms with Crippen LogP contribution in [0, 0.1) is 0 Å². The van der Waals surface area contributed by atoms with E-state index in [1.807, 2.05) is 0 Å². The zero-order chi connectivity index (χ0) is 13.4. The lowest BCUT2D eigenvalue weighted by Crippen LogP contribution is -2.32. The van der Waals surface area contributed by atoms with Crippen LogP contribution in [0.1, 0.15) is 9.68 Å². The first-order valence-corrected chi connectivity index (χ1v) is 3.65. The van der Waals surface area contributed by atoms with E-state index in [-0.39, 0.29) is 5.56 Å². The molecule has 1 aromatic carbocycles. The number of rotatable bonds is 3. The van der Waals surface area contributed by atoms with Crippen LogP contribution in [0.15, 0.2) is 18.2 Å². The van der Waals surface area contributed by atoms with Crippen LogP contribution in [-0.4, -0.2) is 27.3 Å². The van der Waals surface area contributed by atoms with E-state index >= 15 is 0 Å². The van der Waals surface area contributed by atoms with Gasteiger partial charge in [-0.15, -0.1) is 0 Å². The molecule has 0 aliphatic rings. The van der Waals surface area contributed by atoms with Crippen LogP contribution < -0.4 is 5.73 Å². The number of carboxylic acid groups (broad SMARTS) is 1. The number of benzene rings is 1. The fourth-order valence-corrected chi connectivity index (χ4v) is 0.810. The predicted octanol–water partition coefficient (Wildman–Crippen LogP) is 0.0522. The number of hydrogen-bond acceptors (Lipinski definition) is 4. The molecule has 1 aromatic rings. The second-order valence-corrected chi connectivity index (χ2v) is 2.55. The van der Waals surface area contributed by atoms with Crippen molar-refractivity contribution in [1.29, 1.82) is 0 Å². The van der Waals surface area contributed by atoms with Crippen LogP contribution in [-0.2, 0) is 11.2 Å². The minimum atomic E-state index is -2.91. The van der Waals surface area contributed by atoms with Crippen molar-refractivity contribution in [3.05, 3.63) is 23.8 Å². The van der Waals surface area contributed by atoms with Gasteiger partial charge >= 0.3 is 5.97 Å². The molecule has 5 N–H and O–H groups in total. The number of carbonyl (C=O) groups is 1. The van der Waals surface area contributed by atoms with Gasteiger partial charge in [0.2, 0.25) is 0 Å². The van der Waals surface area contributed by atoms with Gasteiger partial charge < -0.3 is 21.1 Å². The maximum Gasteiger partial charge on any atom is 0.320 e. The number of phenolic OH excluding ortho intramolecular Hbond substituents is 2. The number of aromatic hydroxyl groups is 2. The summed E-state index contributed by atoms with van der Waals surface area (Å²) in [6.45, 7) is 0. The summed E-state index contributed by atoms with van der Waals surface area (Å²) in [7, 11) is 0. The summed E-state index contributed by atoms with van der Waals surface area (Å²) < 4.78 is 22.4. The standard InChI is InChI=1S/C9H11NO4/c10-6(9(13)14)3-5-1-2-7(11)8(12)4-5/h1-2,4,6,11-12H,3,10H2,(H,13,14)/i3D2,6D. The molecule has 5 heteroatoms. The third-order valence-corrected chi connectivity index (χ3v) is 1.48. The van der Waals surface area contributed by atoms with Crippen LogP contribution in [0.2, 0.25) is 0 Å². The molecule has 0 saturated heterocycles. The Balaban J connectivity index is 3.30. The Hall–Kier alpha value is -1.75. The van der Waals surface area contributed by atoms with E-state index in [1.165, 1.54) is 0 Å². The summed E-state index contributed by atoms with van der Waals surface area (Å²) >= 11 is 0. The van der Waals surface area contributed by atoms with Gasteiger partial charge in [-0.05, 0) is 24.1 Å².